The number of β-amino-alcohol motifs (C(OH)–C–C–N with tert-alkyl or cyclic N) is 1. The Morgan fingerprint density at radius 3 is 2.92 bits per heavy atom. The number of carbonyl (C=O) groups excluding carboxylic acids is 1. The molecule has 0 spiro atoms. The number of hydrogen-bond acceptors (Lipinski definition) is 6. The van der Waals surface area contributed by atoms with Crippen LogP contribution in [-0.2, 0) is 0 Å². The van der Waals surface area contributed by atoms with Crippen molar-refractivity contribution in [1.82, 2.24) is 14.9 Å². The lowest BCUT2D eigenvalue weighted by molar-refractivity contribution is 0.0266. The van der Waals surface area contributed by atoms with Gasteiger partial charge >= 0.3 is 0 Å². The zero-order valence-corrected chi connectivity index (χ0v) is 15.0. The summed E-state index contributed by atoms with van der Waals surface area (Å²) in [5.74, 6) is 0.786. The average Bonchev–Trinajstić information content (AvgIpc) is 3.13. The molecule has 0 aliphatic carbocycles. The summed E-state index contributed by atoms with van der Waals surface area (Å²) in [4.78, 5) is 25.3. The smallest absolute Gasteiger partial charge is 0.264 e. The predicted molar refractivity (Wildman–Crippen MR) is 94.6 cm³/mol. The molecule has 2 aromatic rings. The second kappa shape index (κ2) is 6.49. The Kier molecular flexibility index (Phi) is 4.56. The number of thiophene rings is 1. The quantitative estimate of drug-likeness (QED) is 0.915. The van der Waals surface area contributed by atoms with Crippen LogP contribution in [0.5, 0.6) is 0 Å². The van der Waals surface area contributed by atoms with Gasteiger partial charge in [-0.1, -0.05) is 0 Å². The zero-order chi connectivity index (χ0) is 17.3. The number of nitrogens with zero attached hydrogens (tertiary/aromatic N) is 4. The lowest BCUT2D eigenvalue weighted by Crippen LogP contribution is -2.45. The van der Waals surface area contributed by atoms with E-state index in [4.69, 9.17) is 0 Å². The summed E-state index contributed by atoms with van der Waals surface area (Å²) in [6, 6.07) is 3.85. The van der Waals surface area contributed by atoms with Gasteiger partial charge in [0.2, 0.25) is 0 Å². The first-order valence-electron chi connectivity index (χ1n) is 7.93. The minimum atomic E-state index is -0.922. The van der Waals surface area contributed by atoms with E-state index in [1.54, 1.807) is 11.9 Å². The number of carbonyl (C=O) groups is 1. The first-order chi connectivity index (χ1) is 11.4. The van der Waals surface area contributed by atoms with E-state index in [0.717, 1.165) is 22.0 Å². The number of likely N-dealkylation sites (N-methyl/N-ethyl adjacent to an activating group) is 1. The highest BCUT2D eigenvalue weighted by atomic mass is 32.1. The van der Waals surface area contributed by atoms with Crippen molar-refractivity contribution in [1.29, 1.82) is 0 Å². The molecule has 1 aliphatic rings. The van der Waals surface area contributed by atoms with Crippen molar-refractivity contribution < 1.29 is 9.90 Å². The van der Waals surface area contributed by atoms with E-state index in [2.05, 4.69) is 9.97 Å². The van der Waals surface area contributed by atoms with Gasteiger partial charge < -0.3 is 14.9 Å². The van der Waals surface area contributed by atoms with Crippen LogP contribution in [0.3, 0.4) is 0 Å². The molecule has 0 bridgehead atoms. The van der Waals surface area contributed by atoms with Gasteiger partial charge in [-0.3, -0.25) is 4.79 Å². The molecule has 1 atom stereocenters. The van der Waals surface area contributed by atoms with Crippen molar-refractivity contribution in [3.05, 3.63) is 40.0 Å². The highest BCUT2D eigenvalue weighted by molar-refractivity contribution is 7.12. The molecule has 0 saturated carbocycles. The van der Waals surface area contributed by atoms with Crippen molar-refractivity contribution in [2.24, 2.45) is 0 Å². The van der Waals surface area contributed by atoms with E-state index in [0.29, 0.717) is 26.1 Å². The van der Waals surface area contributed by atoms with Crippen LogP contribution in [0.2, 0.25) is 0 Å². The minimum Gasteiger partial charge on any atom is -0.386 e. The van der Waals surface area contributed by atoms with Gasteiger partial charge in [-0.15, -0.1) is 11.3 Å². The largest absolute Gasteiger partial charge is 0.386 e. The van der Waals surface area contributed by atoms with Crippen molar-refractivity contribution >= 4 is 23.1 Å². The van der Waals surface area contributed by atoms with E-state index in [1.807, 2.05) is 36.3 Å². The van der Waals surface area contributed by atoms with Crippen LogP contribution in [-0.4, -0.2) is 58.2 Å². The first-order valence-corrected chi connectivity index (χ1v) is 8.81. The monoisotopic (exact) mass is 346 g/mol. The molecule has 1 N–H and O–H groups in total. The van der Waals surface area contributed by atoms with Crippen LogP contribution < -0.4 is 4.90 Å². The van der Waals surface area contributed by atoms with Gasteiger partial charge in [0.1, 0.15) is 17.7 Å². The SMILES string of the molecule is Cc1cc(N2CC[C@](O)(CN(C)C(=O)c3sccc3C)C2)ncn1. The van der Waals surface area contributed by atoms with Crippen molar-refractivity contribution in [2.75, 3.05) is 31.6 Å². The fourth-order valence-corrected chi connectivity index (χ4v) is 3.99. The number of rotatable bonds is 4. The Labute approximate surface area is 145 Å². The molecule has 128 valence electrons. The summed E-state index contributed by atoms with van der Waals surface area (Å²) < 4.78 is 0. The fourth-order valence-electron chi connectivity index (χ4n) is 3.07. The molecule has 1 fully saturated rings. The van der Waals surface area contributed by atoms with E-state index in [9.17, 15) is 9.90 Å². The van der Waals surface area contributed by atoms with Crippen molar-refractivity contribution in [3.8, 4) is 0 Å². The second-order valence-corrected chi connectivity index (χ2v) is 7.42. The van der Waals surface area contributed by atoms with Crippen LogP contribution in [0.1, 0.15) is 27.3 Å². The Bertz CT molecular complexity index is 748. The molecule has 3 heterocycles. The van der Waals surface area contributed by atoms with Crippen LogP contribution in [0, 0.1) is 13.8 Å². The van der Waals surface area contributed by atoms with Crippen molar-refractivity contribution in [2.45, 2.75) is 25.9 Å². The van der Waals surface area contributed by atoms with Gasteiger partial charge in [-0.25, -0.2) is 9.97 Å². The first kappa shape index (κ1) is 16.9. The third kappa shape index (κ3) is 3.42. The molecule has 6 nitrogen and oxygen atoms in total. The topological polar surface area (TPSA) is 69.6 Å². The molecule has 7 heteroatoms. The third-order valence-electron chi connectivity index (χ3n) is 4.38. The number of aromatic nitrogens is 2. The summed E-state index contributed by atoms with van der Waals surface area (Å²) in [5, 5.41) is 12.8. The number of aliphatic hydroxyl groups is 1. The zero-order valence-electron chi connectivity index (χ0n) is 14.2. The Morgan fingerprint density at radius 1 is 1.46 bits per heavy atom. The molecule has 1 aliphatic heterocycles. The molecule has 0 unspecified atom stereocenters. The predicted octanol–water partition coefficient (Wildman–Crippen LogP) is 1.87. The fraction of sp³-hybridized carbons (Fsp3) is 0.471. The second-order valence-electron chi connectivity index (χ2n) is 6.51. The van der Waals surface area contributed by atoms with E-state index in [-0.39, 0.29) is 5.91 Å². The van der Waals surface area contributed by atoms with Gasteiger partial charge in [-0.05, 0) is 37.3 Å². The van der Waals surface area contributed by atoms with Crippen LogP contribution in [0.4, 0.5) is 5.82 Å². The Hall–Kier alpha value is -1.99. The van der Waals surface area contributed by atoms with Gasteiger partial charge in [0.05, 0.1) is 11.4 Å². The lowest BCUT2D eigenvalue weighted by Gasteiger charge is -2.29. The lowest BCUT2D eigenvalue weighted by atomic mass is 10.0. The maximum Gasteiger partial charge on any atom is 0.264 e. The summed E-state index contributed by atoms with van der Waals surface area (Å²) in [5.41, 5.74) is 0.957. The maximum absolute atomic E-state index is 12.5. The Balaban J connectivity index is 1.67. The minimum absolute atomic E-state index is 0.0349. The number of aryl methyl sites for hydroxylation is 2. The summed E-state index contributed by atoms with van der Waals surface area (Å²) in [6.45, 7) is 5.34. The van der Waals surface area contributed by atoms with Crippen LogP contribution in [0.25, 0.3) is 0 Å². The van der Waals surface area contributed by atoms with Crippen LogP contribution >= 0.6 is 11.3 Å². The molecular weight excluding hydrogens is 324 g/mol. The van der Waals surface area contributed by atoms with E-state index < -0.39 is 5.60 Å². The molecule has 24 heavy (non-hydrogen) atoms. The van der Waals surface area contributed by atoms with E-state index >= 15 is 0 Å². The van der Waals surface area contributed by atoms with Crippen LogP contribution in [0.15, 0.2) is 23.8 Å². The van der Waals surface area contributed by atoms with Crippen molar-refractivity contribution in [3.63, 3.8) is 0 Å². The number of hydrogen-bond donors (Lipinski definition) is 1. The standard InChI is InChI=1S/C17H22N4O2S/c1-12-4-7-24-15(12)16(22)20(3)9-17(23)5-6-21(10-17)14-8-13(2)18-11-19-14/h4,7-8,11,23H,5-6,9-10H2,1-3H3/t17-/m0/s1. The molecular formula is C17H22N4O2S. The van der Waals surface area contributed by atoms with Gasteiger partial charge in [-0.2, -0.15) is 0 Å². The maximum atomic E-state index is 12.5. The third-order valence-corrected chi connectivity index (χ3v) is 5.38. The summed E-state index contributed by atoms with van der Waals surface area (Å²) >= 11 is 1.44. The Morgan fingerprint density at radius 2 is 2.25 bits per heavy atom. The highest BCUT2D eigenvalue weighted by Gasteiger charge is 2.38. The summed E-state index contributed by atoms with van der Waals surface area (Å²) in [7, 11) is 1.75. The van der Waals surface area contributed by atoms with Gasteiger partial charge in [0.15, 0.2) is 0 Å². The molecule has 0 radical (unpaired) electrons. The molecule has 2 aromatic heterocycles. The normalized spacial score (nSPS) is 20.4. The van der Waals surface area contributed by atoms with Gasteiger partial charge in [0.25, 0.3) is 5.91 Å². The number of anilines is 1. The molecule has 0 aromatic carbocycles. The molecule has 3 rings (SSSR count). The number of amides is 1. The molecule has 1 amide bonds. The highest BCUT2D eigenvalue weighted by Crippen LogP contribution is 2.27. The van der Waals surface area contributed by atoms with Gasteiger partial charge in [0, 0.05) is 31.9 Å². The average molecular weight is 346 g/mol. The molecule has 1 saturated heterocycles. The van der Waals surface area contributed by atoms with E-state index in [1.165, 1.54) is 17.7 Å². The summed E-state index contributed by atoms with van der Waals surface area (Å²) in [6.07, 6.45) is 2.15.